The van der Waals surface area contributed by atoms with E-state index >= 15 is 0 Å². The van der Waals surface area contributed by atoms with Gasteiger partial charge >= 0.3 is 0 Å². The average Bonchev–Trinajstić information content (AvgIpc) is 2.01. The van der Waals surface area contributed by atoms with E-state index in [0.29, 0.717) is 12.5 Å². The number of hydrogen-bond acceptors (Lipinski definition) is 3. The predicted octanol–water partition coefficient (Wildman–Crippen LogP) is 2.48. The highest BCUT2D eigenvalue weighted by atomic mass is 16.5. The van der Waals surface area contributed by atoms with Crippen LogP contribution >= 0.6 is 0 Å². The molecule has 88 valence electrons. The monoisotopic (exact) mass is 213 g/mol. The van der Waals surface area contributed by atoms with E-state index in [-0.39, 0.29) is 17.2 Å². The second-order valence-corrected chi connectivity index (χ2v) is 4.85. The maximum atomic E-state index is 11.7. The van der Waals surface area contributed by atoms with E-state index in [0.717, 1.165) is 0 Å². The van der Waals surface area contributed by atoms with Gasteiger partial charge in [0.25, 0.3) is 0 Å². The number of hydrogen-bond donors (Lipinski definition) is 1. The van der Waals surface area contributed by atoms with Gasteiger partial charge in [0.2, 0.25) is 0 Å². The second kappa shape index (κ2) is 5.79. The van der Waals surface area contributed by atoms with Gasteiger partial charge < -0.3 is 10.1 Å². The number of rotatable bonds is 5. The third kappa shape index (κ3) is 6.15. The van der Waals surface area contributed by atoms with Crippen molar-refractivity contribution in [3.8, 4) is 0 Å². The zero-order valence-electron chi connectivity index (χ0n) is 10.7. The van der Waals surface area contributed by atoms with Gasteiger partial charge in [0.05, 0.1) is 6.61 Å². The summed E-state index contributed by atoms with van der Waals surface area (Å²) in [7, 11) is 0. The minimum Gasteiger partial charge on any atom is -0.479 e. The summed E-state index contributed by atoms with van der Waals surface area (Å²) in [4.78, 5) is 11.7. The Morgan fingerprint density at radius 2 is 1.93 bits per heavy atom. The molecule has 3 nitrogen and oxygen atoms in total. The summed E-state index contributed by atoms with van der Waals surface area (Å²) in [5.74, 6) is 0.631. The molecule has 0 unspecified atom stereocenters. The van der Waals surface area contributed by atoms with Gasteiger partial charge in [0, 0.05) is 17.5 Å². The van der Waals surface area contributed by atoms with Crippen LogP contribution in [-0.4, -0.2) is 18.4 Å². The van der Waals surface area contributed by atoms with Crippen LogP contribution < -0.4 is 5.32 Å². The molecule has 0 fully saturated rings. The Hall–Kier alpha value is -0.990. The summed E-state index contributed by atoms with van der Waals surface area (Å²) in [6.07, 6.45) is 1.55. The Morgan fingerprint density at radius 3 is 2.27 bits per heavy atom. The second-order valence-electron chi connectivity index (χ2n) is 4.85. The van der Waals surface area contributed by atoms with Crippen molar-refractivity contribution in [3.63, 3.8) is 0 Å². The SMILES string of the molecule is CCO/C(=C/C(=O)C(C)(C)C)NC(C)C. The molecule has 0 aliphatic carbocycles. The molecule has 0 rings (SSSR count). The van der Waals surface area contributed by atoms with Crippen LogP contribution in [0.3, 0.4) is 0 Å². The Balaban J connectivity index is 4.60. The molecule has 0 bridgehead atoms. The smallest absolute Gasteiger partial charge is 0.190 e. The topological polar surface area (TPSA) is 38.3 Å². The Bertz CT molecular complexity index is 236. The predicted molar refractivity (Wildman–Crippen MR) is 62.4 cm³/mol. The molecule has 0 atom stereocenters. The minimum atomic E-state index is -0.360. The van der Waals surface area contributed by atoms with Crippen LogP contribution in [0.15, 0.2) is 12.0 Å². The lowest BCUT2D eigenvalue weighted by molar-refractivity contribution is -0.121. The minimum absolute atomic E-state index is 0.0686. The molecule has 0 saturated heterocycles. The van der Waals surface area contributed by atoms with E-state index in [1.54, 1.807) is 6.08 Å². The van der Waals surface area contributed by atoms with Gasteiger partial charge in [-0.05, 0) is 20.8 Å². The molecule has 0 aromatic rings. The van der Waals surface area contributed by atoms with Crippen molar-refractivity contribution < 1.29 is 9.53 Å². The molecule has 3 heteroatoms. The first-order valence-corrected chi connectivity index (χ1v) is 5.42. The lowest BCUT2D eigenvalue weighted by atomic mass is 9.91. The summed E-state index contributed by atoms with van der Waals surface area (Å²) < 4.78 is 5.35. The maximum Gasteiger partial charge on any atom is 0.190 e. The van der Waals surface area contributed by atoms with E-state index in [1.807, 2.05) is 41.5 Å². The van der Waals surface area contributed by atoms with Crippen molar-refractivity contribution in [1.82, 2.24) is 5.32 Å². The van der Waals surface area contributed by atoms with Crippen molar-refractivity contribution in [2.24, 2.45) is 5.41 Å². The van der Waals surface area contributed by atoms with Crippen LogP contribution in [0.1, 0.15) is 41.5 Å². The highest BCUT2D eigenvalue weighted by Crippen LogP contribution is 2.16. The molecule has 1 N–H and O–H groups in total. The number of carbonyl (C=O) groups is 1. The zero-order chi connectivity index (χ0) is 12.1. The zero-order valence-corrected chi connectivity index (χ0v) is 10.7. The summed E-state index contributed by atoms with van der Waals surface area (Å²) in [6.45, 7) is 12.2. The fourth-order valence-electron chi connectivity index (χ4n) is 0.901. The molecule has 0 heterocycles. The summed E-state index contributed by atoms with van der Waals surface area (Å²) in [6, 6.07) is 0.260. The molecule has 0 amide bonds. The number of ketones is 1. The highest BCUT2D eigenvalue weighted by Gasteiger charge is 2.20. The molecule has 15 heavy (non-hydrogen) atoms. The summed E-state index contributed by atoms with van der Waals surface area (Å²) >= 11 is 0. The first kappa shape index (κ1) is 14.0. The molecule has 0 saturated carbocycles. The van der Waals surface area contributed by atoms with Gasteiger partial charge in [0.1, 0.15) is 0 Å². The van der Waals surface area contributed by atoms with Crippen molar-refractivity contribution in [3.05, 3.63) is 12.0 Å². The fraction of sp³-hybridized carbons (Fsp3) is 0.750. The number of ether oxygens (including phenoxy) is 1. The maximum absolute atomic E-state index is 11.7. The quantitative estimate of drug-likeness (QED) is 0.563. The van der Waals surface area contributed by atoms with Crippen molar-refractivity contribution in [2.75, 3.05) is 6.61 Å². The molecule has 0 spiro atoms. The highest BCUT2D eigenvalue weighted by molar-refractivity contribution is 5.94. The van der Waals surface area contributed by atoms with Crippen LogP contribution in [0, 0.1) is 5.41 Å². The number of nitrogens with one attached hydrogen (secondary N) is 1. The number of carbonyl (C=O) groups excluding carboxylic acids is 1. The van der Waals surface area contributed by atoms with Crippen molar-refractivity contribution in [1.29, 1.82) is 0 Å². The Labute approximate surface area is 92.9 Å². The van der Waals surface area contributed by atoms with Gasteiger partial charge in [-0.15, -0.1) is 0 Å². The third-order valence-corrected chi connectivity index (χ3v) is 1.73. The summed E-state index contributed by atoms with van der Waals surface area (Å²) in [5, 5.41) is 3.10. The molecular formula is C12H23NO2. The molecular weight excluding hydrogens is 190 g/mol. The lowest BCUT2D eigenvalue weighted by Gasteiger charge is -2.17. The molecule has 0 radical (unpaired) electrons. The first-order valence-electron chi connectivity index (χ1n) is 5.42. The van der Waals surface area contributed by atoms with Crippen LogP contribution in [-0.2, 0) is 9.53 Å². The van der Waals surface area contributed by atoms with E-state index < -0.39 is 0 Å². The Morgan fingerprint density at radius 1 is 1.40 bits per heavy atom. The molecule has 0 aromatic carbocycles. The van der Waals surface area contributed by atoms with Crippen LogP contribution in [0.25, 0.3) is 0 Å². The normalized spacial score (nSPS) is 12.9. The van der Waals surface area contributed by atoms with Crippen LogP contribution in [0.2, 0.25) is 0 Å². The molecule has 0 aliphatic rings. The number of allylic oxidation sites excluding steroid dienone is 1. The third-order valence-electron chi connectivity index (χ3n) is 1.73. The Kier molecular flexibility index (Phi) is 5.40. The van der Waals surface area contributed by atoms with Gasteiger partial charge in [-0.2, -0.15) is 0 Å². The average molecular weight is 213 g/mol. The van der Waals surface area contributed by atoms with Crippen LogP contribution in [0.5, 0.6) is 0 Å². The van der Waals surface area contributed by atoms with Gasteiger partial charge in [0.15, 0.2) is 11.7 Å². The molecule has 0 aliphatic heterocycles. The summed E-state index contributed by atoms with van der Waals surface area (Å²) in [5.41, 5.74) is -0.360. The van der Waals surface area contributed by atoms with Crippen LogP contribution in [0.4, 0.5) is 0 Å². The standard InChI is InChI=1S/C12H23NO2/c1-7-15-11(13-9(2)3)8-10(14)12(4,5)6/h8-9,13H,7H2,1-6H3/b11-8+. The largest absolute Gasteiger partial charge is 0.479 e. The van der Waals surface area contributed by atoms with E-state index in [9.17, 15) is 4.79 Å². The molecule has 0 aromatic heterocycles. The van der Waals surface area contributed by atoms with Gasteiger partial charge in [-0.3, -0.25) is 4.79 Å². The van der Waals surface area contributed by atoms with Gasteiger partial charge in [-0.1, -0.05) is 20.8 Å². The van der Waals surface area contributed by atoms with E-state index in [2.05, 4.69) is 5.32 Å². The van der Waals surface area contributed by atoms with E-state index in [4.69, 9.17) is 4.74 Å². The van der Waals surface area contributed by atoms with E-state index in [1.165, 1.54) is 0 Å². The first-order chi connectivity index (χ1) is 6.77. The van der Waals surface area contributed by atoms with Gasteiger partial charge in [-0.25, -0.2) is 0 Å². The van der Waals surface area contributed by atoms with Crippen molar-refractivity contribution in [2.45, 2.75) is 47.6 Å². The van der Waals surface area contributed by atoms with Crippen molar-refractivity contribution >= 4 is 5.78 Å². The lowest BCUT2D eigenvalue weighted by Crippen LogP contribution is -2.26. The fourth-order valence-corrected chi connectivity index (χ4v) is 0.901.